The number of pyridine rings is 1. The van der Waals surface area contributed by atoms with E-state index < -0.39 is 0 Å². The molecular formula is C14H19N3O2. The summed E-state index contributed by atoms with van der Waals surface area (Å²) in [5.41, 5.74) is 1.28. The minimum absolute atomic E-state index is 0.0173. The first-order valence-electron chi connectivity index (χ1n) is 6.53. The molecule has 2 heterocycles. The van der Waals surface area contributed by atoms with E-state index in [0.29, 0.717) is 30.8 Å². The Morgan fingerprint density at radius 3 is 2.84 bits per heavy atom. The van der Waals surface area contributed by atoms with Crippen LogP contribution in [0.2, 0.25) is 0 Å². The van der Waals surface area contributed by atoms with Crippen molar-refractivity contribution >= 4 is 11.8 Å². The lowest BCUT2D eigenvalue weighted by Gasteiger charge is -2.38. The molecule has 1 aliphatic rings. The van der Waals surface area contributed by atoms with Gasteiger partial charge in [-0.3, -0.25) is 14.6 Å². The fourth-order valence-corrected chi connectivity index (χ4v) is 2.41. The van der Waals surface area contributed by atoms with Crippen molar-refractivity contribution in [2.24, 2.45) is 0 Å². The zero-order chi connectivity index (χ0) is 14.0. The van der Waals surface area contributed by atoms with E-state index in [1.165, 1.54) is 0 Å². The third kappa shape index (κ3) is 2.45. The van der Waals surface area contributed by atoms with Gasteiger partial charge in [-0.25, -0.2) is 0 Å². The second-order valence-corrected chi connectivity index (χ2v) is 4.82. The maximum atomic E-state index is 12.6. The Morgan fingerprint density at radius 2 is 2.21 bits per heavy atom. The SMILES string of the molecule is CC[C@H]1C(=O)N(C)CCN1C(=O)c1cccnc1C. The Bertz CT molecular complexity index is 501. The number of hydrogen-bond acceptors (Lipinski definition) is 3. The summed E-state index contributed by atoms with van der Waals surface area (Å²) < 4.78 is 0. The summed E-state index contributed by atoms with van der Waals surface area (Å²) in [7, 11) is 1.78. The number of carbonyl (C=O) groups is 2. The van der Waals surface area contributed by atoms with Crippen molar-refractivity contribution in [3.8, 4) is 0 Å². The van der Waals surface area contributed by atoms with Gasteiger partial charge in [0.05, 0.1) is 5.56 Å². The number of likely N-dealkylation sites (N-methyl/N-ethyl adjacent to an activating group) is 1. The molecule has 19 heavy (non-hydrogen) atoms. The summed E-state index contributed by atoms with van der Waals surface area (Å²) in [5, 5.41) is 0. The largest absolute Gasteiger partial charge is 0.342 e. The number of aryl methyl sites for hydroxylation is 1. The Balaban J connectivity index is 2.28. The highest BCUT2D eigenvalue weighted by Crippen LogP contribution is 2.17. The topological polar surface area (TPSA) is 53.5 Å². The van der Waals surface area contributed by atoms with Crippen molar-refractivity contribution in [1.29, 1.82) is 0 Å². The number of nitrogens with zero attached hydrogens (tertiary/aromatic N) is 3. The first kappa shape index (κ1) is 13.5. The summed E-state index contributed by atoms with van der Waals surface area (Å²) >= 11 is 0. The van der Waals surface area contributed by atoms with Gasteiger partial charge in [-0.1, -0.05) is 6.92 Å². The van der Waals surface area contributed by atoms with Crippen molar-refractivity contribution in [1.82, 2.24) is 14.8 Å². The predicted molar refractivity (Wildman–Crippen MR) is 71.7 cm³/mol. The van der Waals surface area contributed by atoms with Gasteiger partial charge in [0.2, 0.25) is 5.91 Å². The van der Waals surface area contributed by atoms with Gasteiger partial charge < -0.3 is 9.80 Å². The van der Waals surface area contributed by atoms with E-state index in [1.807, 2.05) is 13.8 Å². The molecule has 1 atom stereocenters. The second kappa shape index (κ2) is 5.38. The zero-order valence-corrected chi connectivity index (χ0v) is 11.6. The smallest absolute Gasteiger partial charge is 0.256 e. The first-order chi connectivity index (χ1) is 9.06. The first-order valence-corrected chi connectivity index (χ1v) is 6.53. The Hall–Kier alpha value is -1.91. The molecule has 0 spiro atoms. The number of aromatic nitrogens is 1. The maximum absolute atomic E-state index is 12.6. The van der Waals surface area contributed by atoms with E-state index in [-0.39, 0.29) is 17.9 Å². The molecule has 0 bridgehead atoms. The van der Waals surface area contributed by atoms with Gasteiger partial charge in [-0.2, -0.15) is 0 Å². The molecule has 0 radical (unpaired) electrons. The minimum Gasteiger partial charge on any atom is -0.342 e. The third-order valence-corrected chi connectivity index (χ3v) is 3.60. The van der Waals surface area contributed by atoms with Gasteiger partial charge in [-0.05, 0) is 25.5 Å². The Kier molecular flexibility index (Phi) is 3.83. The summed E-state index contributed by atoms with van der Waals surface area (Å²) in [4.78, 5) is 32.2. The number of carbonyl (C=O) groups excluding carboxylic acids is 2. The molecule has 2 amide bonds. The van der Waals surface area contributed by atoms with E-state index in [1.54, 1.807) is 35.2 Å². The van der Waals surface area contributed by atoms with Gasteiger partial charge in [-0.15, -0.1) is 0 Å². The summed E-state index contributed by atoms with van der Waals surface area (Å²) in [6.07, 6.45) is 2.30. The average Bonchev–Trinajstić information content (AvgIpc) is 2.41. The fraction of sp³-hybridized carbons (Fsp3) is 0.500. The van der Waals surface area contributed by atoms with Crippen molar-refractivity contribution in [2.45, 2.75) is 26.3 Å². The minimum atomic E-state index is -0.356. The van der Waals surface area contributed by atoms with Crippen LogP contribution in [0.25, 0.3) is 0 Å². The van der Waals surface area contributed by atoms with Crippen LogP contribution < -0.4 is 0 Å². The Morgan fingerprint density at radius 1 is 1.47 bits per heavy atom. The molecule has 2 rings (SSSR count). The van der Waals surface area contributed by atoms with Crippen LogP contribution in [0.3, 0.4) is 0 Å². The van der Waals surface area contributed by atoms with Crippen LogP contribution in [-0.4, -0.2) is 52.8 Å². The van der Waals surface area contributed by atoms with Crippen LogP contribution in [0, 0.1) is 6.92 Å². The van der Waals surface area contributed by atoms with Crippen molar-refractivity contribution in [3.05, 3.63) is 29.6 Å². The summed E-state index contributed by atoms with van der Waals surface area (Å²) in [5.74, 6) is -0.0810. The van der Waals surface area contributed by atoms with Crippen molar-refractivity contribution < 1.29 is 9.59 Å². The third-order valence-electron chi connectivity index (χ3n) is 3.60. The van der Waals surface area contributed by atoms with Crippen molar-refractivity contribution in [2.75, 3.05) is 20.1 Å². The van der Waals surface area contributed by atoms with E-state index in [9.17, 15) is 9.59 Å². The van der Waals surface area contributed by atoms with Crippen LogP contribution in [-0.2, 0) is 4.79 Å². The van der Waals surface area contributed by atoms with Crippen molar-refractivity contribution in [3.63, 3.8) is 0 Å². The molecule has 1 fully saturated rings. The Labute approximate surface area is 113 Å². The van der Waals surface area contributed by atoms with Crippen LogP contribution >= 0.6 is 0 Å². The molecule has 5 heteroatoms. The highest BCUT2D eigenvalue weighted by Gasteiger charge is 2.35. The predicted octanol–water partition coefficient (Wildman–Crippen LogP) is 1.08. The van der Waals surface area contributed by atoms with E-state index >= 15 is 0 Å². The summed E-state index contributed by atoms with van der Waals surface area (Å²) in [6.45, 7) is 4.90. The molecule has 0 aromatic carbocycles. The fourth-order valence-electron chi connectivity index (χ4n) is 2.41. The molecule has 1 aromatic heterocycles. The number of amides is 2. The lowest BCUT2D eigenvalue weighted by molar-refractivity contribution is -0.138. The van der Waals surface area contributed by atoms with Gasteiger partial charge in [0, 0.05) is 32.0 Å². The monoisotopic (exact) mass is 261 g/mol. The van der Waals surface area contributed by atoms with Crippen LogP contribution in [0.1, 0.15) is 29.4 Å². The molecule has 102 valence electrons. The van der Waals surface area contributed by atoms with Crippen LogP contribution in [0.15, 0.2) is 18.3 Å². The van der Waals surface area contributed by atoms with Crippen LogP contribution in [0.5, 0.6) is 0 Å². The van der Waals surface area contributed by atoms with E-state index in [0.717, 1.165) is 0 Å². The molecule has 0 N–H and O–H groups in total. The highest BCUT2D eigenvalue weighted by atomic mass is 16.2. The average molecular weight is 261 g/mol. The van der Waals surface area contributed by atoms with Gasteiger partial charge >= 0.3 is 0 Å². The summed E-state index contributed by atoms with van der Waals surface area (Å²) in [6, 6.07) is 3.16. The number of rotatable bonds is 2. The van der Waals surface area contributed by atoms with E-state index in [2.05, 4.69) is 4.98 Å². The molecule has 0 saturated carbocycles. The number of hydrogen-bond donors (Lipinski definition) is 0. The quantitative estimate of drug-likeness (QED) is 0.800. The second-order valence-electron chi connectivity index (χ2n) is 4.82. The van der Waals surface area contributed by atoms with Gasteiger partial charge in [0.15, 0.2) is 0 Å². The lowest BCUT2D eigenvalue weighted by atomic mass is 10.1. The molecule has 0 aliphatic carbocycles. The highest BCUT2D eigenvalue weighted by molar-refractivity contribution is 5.98. The normalized spacial score (nSPS) is 19.7. The molecule has 5 nitrogen and oxygen atoms in total. The maximum Gasteiger partial charge on any atom is 0.256 e. The lowest BCUT2D eigenvalue weighted by Crippen LogP contribution is -2.57. The van der Waals surface area contributed by atoms with Gasteiger partial charge in [0.1, 0.15) is 6.04 Å². The molecule has 1 aromatic rings. The molecular weight excluding hydrogens is 242 g/mol. The van der Waals surface area contributed by atoms with Crippen LogP contribution in [0.4, 0.5) is 0 Å². The number of piperazine rings is 1. The molecule has 1 saturated heterocycles. The molecule has 1 aliphatic heterocycles. The standard InChI is InChI=1S/C14H19N3O2/c1-4-12-14(19)16(3)8-9-17(12)13(18)11-6-5-7-15-10(11)2/h5-7,12H,4,8-9H2,1-3H3/t12-/m0/s1. The van der Waals surface area contributed by atoms with Gasteiger partial charge in [0.25, 0.3) is 5.91 Å². The zero-order valence-electron chi connectivity index (χ0n) is 11.6. The molecule has 0 unspecified atom stereocenters. The van der Waals surface area contributed by atoms with E-state index in [4.69, 9.17) is 0 Å².